The van der Waals surface area contributed by atoms with Gasteiger partial charge in [-0.1, -0.05) is 6.07 Å². The molecule has 20 heavy (non-hydrogen) atoms. The van der Waals surface area contributed by atoms with Crippen LogP contribution in [0.3, 0.4) is 0 Å². The molecule has 3 aromatic rings. The van der Waals surface area contributed by atoms with E-state index < -0.39 is 10.0 Å². The number of hydrogen-bond acceptors (Lipinski definition) is 5. The average Bonchev–Trinajstić information content (AvgIpc) is 3.04. The molecule has 4 N–H and O–H groups in total. The highest BCUT2D eigenvalue weighted by molar-refractivity contribution is 7.89. The lowest BCUT2D eigenvalue weighted by Gasteiger charge is -2.05. The van der Waals surface area contributed by atoms with E-state index in [-0.39, 0.29) is 5.09 Å². The Hall–Kier alpha value is -2.32. The minimum Gasteiger partial charge on any atom is -0.446 e. The number of aromatic amines is 1. The van der Waals surface area contributed by atoms with Gasteiger partial charge in [-0.15, -0.1) is 0 Å². The Labute approximate surface area is 114 Å². The van der Waals surface area contributed by atoms with Gasteiger partial charge in [-0.2, -0.15) is 5.10 Å². The molecule has 8 heteroatoms. The molecule has 7 nitrogen and oxygen atoms in total. The van der Waals surface area contributed by atoms with Crippen LogP contribution in [-0.2, 0) is 16.6 Å². The van der Waals surface area contributed by atoms with Crippen molar-refractivity contribution < 1.29 is 12.8 Å². The van der Waals surface area contributed by atoms with Gasteiger partial charge in [0.1, 0.15) is 5.76 Å². The van der Waals surface area contributed by atoms with Crippen LogP contribution in [0.1, 0.15) is 5.76 Å². The molecule has 0 bridgehead atoms. The second kappa shape index (κ2) is 4.66. The first kappa shape index (κ1) is 12.7. The summed E-state index contributed by atoms with van der Waals surface area (Å²) in [6, 6.07) is 8.62. The Bertz CT molecular complexity index is 850. The number of aromatic nitrogens is 2. The summed E-state index contributed by atoms with van der Waals surface area (Å²) in [5, 5.41) is 15.7. The van der Waals surface area contributed by atoms with E-state index in [4.69, 9.17) is 9.56 Å². The first-order valence-electron chi connectivity index (χ1n) is 5.81. The van der Waals surface area contributed by atoms with E-state index in [2.05, 4.69) is 15.5 Å². The molecule has 0 atom stereocenters. The van der Waals surface area contributed by atoms with Crippen molar-refractivity contribution in [1.82, 2.24) is 10.2 Å². The molecule has 1 aromatic carbocycles. The number of furan rings is 1. The summed E-state index contributed by atoms with van der Waals surface area (Å²) in [5.74, 6) is 0.481. The van der Waals surface area contributed by atoms with Gasteiger partial charge in [0.05, 0.1) is 18.3 Å². The number of anilines is 1. The largest absolute Gasteiger partial charge is 0.446 e. The van der Waals surface area contributed by atoms with Crippen LogP contribution in [0, 0.1) is 0 Å². The quantitative estimate of drug-likeness (QED) is 0.672. The molecule has 0 amide bonds. The molecular weight excluding hydrogens is 280 g/mol. The summed E-state index contributed by atoms with van der Waals surface area (Å²) in [4.78, 5) is 0. The molecule has 0 saturated heterocycles. The van der Waals surface area contributed by atoms with Crippen molar-refractivity contribution in [1.29, 1.82) is 0 Å². The Morgan fingerprint density at radius 3 is 2.90 bits per heavy atom. The SMILES string of the molecule is NS(=O)(=O)c1ccc(CNc2cccc3[nH]ncc23)o1. The number of hydrogen-bond donors (Lipinski definition) is 3. The molecule has 2 aromatic heterocycles. The van der Waals surface area contributed by atoms with Crippen molar-refractivity contribution in [2.75, 3.05) is 5.32 Å². The van der Waals surface area contributed by atoms with Gasteiger partial charge in [-0.3, -0.25) is 5.10 Å². The van der Waals surface area contributed by atoms with Crippen LogP contribution in [0.4, 0.5) is 5.69 Å². The Morgan fingerprint density at radius 1 is 1.30 bits per heavy atom. The van der Waals surface area contributed by atoms with E-state index in [0.29, 0.717) is 12.3 Å². The number of nitrogens with two attached hydrogens (primary N) is 1. The minimum absolute atomic E-state index is 0.240. The van der Waals surface area contributed by atoms with Gasteiger partial charge >= 0.3 is 0 Å². The van der Waals surface area contributed by atoms with Crippen LogP contribution in [0.25, 0.3) is 10.9 Å². The molecule has 0 spiro atoms. The maximum Gasteiger partial charge on any atom is 0.271 e. The smallest absolute Gasteiger partial charge is 0.271 e. The third kappa shape index (κ3) is 2.38. The second-order valence-corrected chi connectivity index (χ2v) is 5.75. The molecule has 0 aliphatic rings. The highest BCUT2D eigenvalue weighted by atomic mass is 32.2. The topological polar surface area (TPSA) is 114 Å². The van der Waals surface area contributed by atoms with Crippen molar-refractivity contribution in [2.24, 2.45) is 5.14 Å². The van der Waals surface area contributed by atoms with Crippen molar-refractivity contribution in [3.05, 3.63) is 42.3 Å². The predicted octanol–water partition coefficient (Wildman–Crippen LogP) is 1.42. The van der Waals surface area contributed by atoms with Gasteiger partial charge in [0, 0.05) is 11.1 Å². The molecule has 0 unspecified atom stereocenters. The van der Waals surface area contributed by atoms with Crippen molar-refractivity contribution in [3.63, 3.8) is 0 Å². The van der Waals surface area contributed by atoms with E-state index in [9.17, 15) is 8.42 Å². The summed E-state index contributed by atoms with van der Waals surface area (Å²) in [6.07, 6.45) is 1.72. The van der Waals surface area contributed by atoms with Gasteiger partial charge in [0.15, 0.2) is 0 Å². The fraction of sp³-hybridized carbons (Fsp3) is 0.0833. The number of benzene rings is 1. The number of nitrogens with one attached hydrogen (secondary N) is 2. The van der Waals surface area contributed by atoms with Crippen LogP contribution in [0.2, 0.25) is 0 Å². The second-order valence-electron chi connectivity index (χ2n) is 4.26. The normalized spacial score (nSPS) is 11.8. The van der Waals surface area contributed by atoms with E-state index in [1.807, 2.05) is 18.2 Å². The maximum absolute atomic E-state index is 11.1. The summed E-state index contributed by atoms with van der Waals surface area (Å²) in [6.45, 7) is 0.347. The van der Waals surface area contributed by atoms with Gasteiger partial charge in [-0.05, 0) is 24.3 Å². The van der Waals surface area contributed by atoms with E-state index in [1.54, 1.807) is 12.3 Å². The van der Waals surface area contributed by atoms with Crippen LogP contribution in [0.5, 0.6) is 0 Å². The molecule has 0 fully saturated rings. The monoisotopic (exact) mass is 292 g/mol. The van der Waals surface area contributed by atoms with E-state index in [1.165, 1.54) is 6.07 Å². The number of nitrogens with zero attached hydrogens (tertiary/aromatic N) is 1. The third-order valence-corrected chi connectivity index (χ3v) is 3.64. The summed E-state index contributed by atoms with van der Waals surface area (Å²) in [7, 11) is -3.80. The molecule has 2 heterocycles. The van der Waals surface area contributed by atoms with Gasteiger partial charge in [0.2, 0.25) is 5.09 Å². The predicted molar refractivity (Wildman–Crippen MR) is 73.5 cm³/mol. The van der Waals surface area contributed by atoms with Gasteiger partial charge < -0.3 is 9.73 Å². The first-order chi connectivity index (χ1) is 9.54. The lowest BCUT2D eigenvalue weighted by atomic mass is 10.2. The minimum atomic E-state index is -3.80. The van der Waals surface area contributed by atoms with Crippen LogP contribution < -0.4 is 10.5 Å². The van der Waals surface area contributed by atoms with Crippen molar-refractivity contribution >= 4 is 26.6 Å². The zero-order valence-corrected chi connectivity index (χ0v) is 11.1. The van der Waals surface area contributed by atoms with Crippen molar-refractivity contribution in [2.45, 2.75) is 11.6 Å². The Morgan fingerprint density at radius 2 is 2.15 bits per heavy atom. The average molecular weight is 292 g/mol. The number of fused-ring (bicyclic) bond motifs is 1. The highest BCUT2D eigenvalue weighted by Crippen LogP contribution is 2.22. The lowest BCUT2D eigenvalue weighted by Crippen LogP contribution is -2.10. The molecule has 3 rings (SSSR count). The summed E-state index contributed by atoms with van der Waals surface area (Å²) >= 11 is 0. The molecule has 0 aliphatic carbocycles. The molecule has 0 aliphatic heterocycles. The van der Waals surface area contributed by atoms with Crippen LogP contribution >= 0.6 is 0 Å². The number of primary sulfonamides is 1. The fourth-order valence-electron chi connectivity index (χ4n) is 1.91. The van der Waals surface area contributed by atoms with Gasteiger partial charge in [-0.25, -0.2) is 13.6 Å². The molecule has 0 radical (unpaired) electrons. The molecular formula is C12H12N4O3S. The first-order valence-corrected chi connectivity index (χ1v) is 7.36. The van der Waals surface area contributed by atoms with E-state index in [0.717, 1.165) is 16.6 Å². The summed E-state index contributed by atoms with van der Waals surface area (Å²) in [5.41, 5.74) is 1.80. The number of rotatable bonds is 4. The van der Waals surface area contributed by atoms with Crippen LogP contribution in [0.15, 0.2) is 46.0 Å². The maximum atomic E-state index is 11.1. The zero-order valence-electron chi connectivity index (χ0n) is 10.3. The Kier molecular flexibility index (Phi) is 2.96. The standard InChI is InChI=1S/C12H12N4O3S/c13-20(17,18)12-5-4-8(19-12)6-14-10-2-1-3-11-9(10)7-15-16-11/h1-5,7,14H,6H2,(H,15,16)(H2,13,17,18). The summed E-state index contributed by atoms with van der Waals surface area (Å²) < 4.78 is 27.4. The van der Waals surface area contributed by atoms with E-state index >= 15 is 0 Å². The van der Waals surface area contributed by atoms with Gasteiger partial charge in [0.25, 0.3) is 10.0 Å². The molecule has 0 saturated carbocycles. The third-order valence-electron chi connectivity index (χ3n) is 2.86. The highest BCUT2D eigenvalue weighted by Gasteiger charge is 2.13. The number of sulfonamides is 1. The molecule has 104 valence electrons. The Balaban J connectivity index is 1.80. The fourth-order valence-corrected chi connectivity index (χ4v) is 2.39. The lowest BCUT2D eigenvalue weighted by molar-refractivity contribution is 0.419. The van der Waals surface area contributed by atoms with Crippen molar-refractivity contribution in [3.8, 4) is 0 Å². The zero-order chi connectivity index (χ0) is 14.2. The van der Waals surface area contributed by atoms with Crippen LogP contribution in [-0.4, -0.2) is 18.6 Å². The number of H-pyrrole nitrogens is 1.